The van der Waals surface area contributed by atoms with Crippen LogP contribution in [0.25, 0.3) is 11.3 Å². The standard InChI is InChI=1S/C22H22FN3O/c1-13(2)12-26-21(16-8-10-17(23)11-9-16)18-19(24-25-20(18)22(26)27)15-6-4-14(3)5-7-15/h4-11,13,21H,12H2,1-3H3,(H,24,25). The molecule has 0 fully saturated rings. The molecule has 2 heterocycles. The highest BCUT2D eigenvalue weighted by Gasteiger charge is 2.42. The van der Waals surface area contributed by atoms with E-state index in [9.17, 15) is 9.18 Å². The van der Waals surface area contributed by atoms with Crippen molar-refractivity contribution in [2.75, 3.05) is 6.54 Å². The Kier molecular flexibility index (Phi) is 4.30. The summed E-state index contributed by atoms with van der Waals surface area (Å²) >= 11 is 0. The minimum absolute atomic E-state index is 0.0566. The molecule has 0 radical (unpaired) electrons. The van der Waals surface area contributed by atoms with Crippen LogP contribution in [0.15, 0.2) is 48.5 Å². The molecule has 0 saturated heterocycles. The van der Waals surface area contributed by atoms with E-state index in [1.54, 1.807) is 12.1 Å². The maximum absolute atomic E-state index is 13.5. The van der Waals surface area contributed by atoms with Crippen LogP contribution in [0.3, 0.4) is 0 Å². The summed E-state index contributed by atoms with van der Waals surface area (Å²) in [6.07, 6.45) is 0. The zero-order valence-corrected chi connectivity index (χ0v) is 15.7. The van der Waals surface area contributed by atoms with Crippen molar-refractivity contribution < 1.29 is 9.18 Å². The second-order valence-electron chi connectivity index (χ2n) is 7.53. The molecule has 138 valence electrons. The number of halogens is 1. The number of nitrogens with zero attached hydrogens (tertiary/aromatic N) is 2. The first-order valence-corrected chi connectivity index (χ1v) is 9.17. The van der Waals surface area contributed by atoms with Gasteiger partial charge in [-0.25, -0.2) is 4.39 Å². The van der Waals surface area contributed by atoms with E-state index in [2.05, 4.69) is 24.0 Å². The van der Waals surface area contributed by atoms with Gasteiger partial charge in [-0.3, -0.25) is 9.89 Å². The molecule has 4 nitrogen and oxygen atoms in total. The van der Waals surface area contributed by atoms with Crippen molar-refractivity contribution in [3.8, 4) is 11.3 Å². The summed E-state index contributed by atoms with van der Waals surface area (Å²) in [7, 11) is 0. The normalized spacial score (nSPS) is 16.3. The van der Waals surface area contributed by atoms with Crippen LogP contribution in [0.5, 0.6) is 0 Å². The van der Waals surface area contributed by atoms with Crippen molar-refractivity contribution in [1.29, 1.82) is 0 Å². The van der Waals surface area contributed by atoms with Gasteiger partial charge < -0.3 is 4.90 Å². The number of aromatic nitrogens is 2. The predicted octanol–water partition coefficient (Wildman–Crippen LogP) is 4.73. The van der Waals surface area contributed by atoms with Crippen LogP contribution in [-0.4, -0.2) is 27.5 Å². The summed E-state index contributed by atoms with van der Waals surface area (Å²) in [5.41, 5.74) is 5.19. The van der Waals surface area contributed by atoms with E-state index < -0.39 is 0 Å². The molecule has 1 N–H and O–H groups in total. The lowest BCUT2D eigenvalue weighted by molar-refractivity contribution is 0.0722. The lowest BCUT2D eigenvalue weighted by atomic mass is 9.95. The molecule has 1 amide bonds. The molecule has 0 saturated carbocycles. The minimum atomic E-state index is -0.287. The van der Waals surface area contributed by atoms with Gasteiger partial charge in [0.25, 0.3) is 5.91 Å². The van der Waals surface area contributed by atoms with Gasteiger partial charge in [-0.15, -0.1) is 0 Å². The number of carbonyl (C=O) groups is 1. The molecule has 0 aliphatic carbocycles. The van der Waals surface area contributed by atoms with E-state index in [4.69, 9.17) is 0 Å². The molecular weight excluding hydrogens is 341 g/mol. The van der Waals surface area contributed by atoms with Crippen LogP contribution in [0.4, 0.5) is 4.39 Å². The van der Waals surface area contributed by atoms with E-state index in [1.807, 2.05) is 36.1 Å². The lowest BCUT2D eigenvalue weighted by Gasteiger charge is -2.28. The van der Waals surface area contributed by atoms with Crippen LogP contribution >= 0.6 is 0 Å². The summed E-state index contributed by atoms with van der Waals surface area (Å²) in [6, 6.07) is 14.2. The van der Waals surface area contributed by atoms with Crippen molar-refractivity contribution >= 4 is 5.91 Å². The number of hydrogen-bond acceptors (Lipinski definition) is 2. The molecule has 1 aliphatic rings. The van der Waals surface area contributed by atoms with Gasteiger partial charge >= 0.3 is 0 Å². The van der Waals surface area contributed by atoms with Crippen LogP contribution in [0.1, 0.15) is 47.1 Å². The van der Waals surface area contributed by atoms with E-state index >= 15 is 0 Å². The summed E-state index contributed by atoms with van der Waals surface area (Å²) in [5, 5.41) is 7.40. The highest BCUT2D eigenvalue weighted by atomic mass is 19.1. The van der Waals surface area contributed by atoms with Gasteiger partial charge in [0.2, 0.25) is 0 Å². The number of benzene rings is 2. The van der Waals surface area contributed by atoms with Crippen molar-refractivity contribution in [3.63, 3.8) is 0 Å². The number of amides is 1. The molecule has 5 heteroatoms. The van der Waals surface area contributed by atoms with E-state index in [0.717, 1.165) is 22.4 Å². The molecule has 1 atom stereocenters. The molecule has 27 heavy (non-hydrogen) atoms. The average molecular weight is 363 g/mol. The first-order valence-electron chi connectivity index (χ1n) is 9.17. The molecule has 3 aromatic rings. The SMILES string of the molecule is Cc1ccc(-c2n[nH]c3c2C(c2ccc(F)cc2)N(CC(C)C)C3=O)cc1. The Balaban J connectivity index is 1.87. The third-order valence-electron chi connectivity index (χ3n) is 4.94. The van der Waals surface area contributed by atoms with Gasteiger partial charge in [0, 0.05) is 17.7 Å². The van der Waals surface area contributed by atoms with Gasteiger partial charge in [0.05, 0.1) is 11.7 Å². The predicted molar refractivity (Wildman–Crippen MR) is 103 cm³/mol. The molecule has 1 aromatic heterocycles. The fraction of sp³-hybridized carbons (Fsp3) is 0.273. The largest absolute Gasteiger partial charge is 0.326 e. The number of nitrogens with one attached hydrogen (secondary N) is 1. The quantitative estimate of drug-likeness (QED) is 0.729. The van der Waals surface area contributed by atoms with Crippen LogP contribution < -0.4 is 0 Å². The summed E-state index contributed by atoms with van der Waals surface area (Å²) < 4.78 is 13.5. The number of rotatable bonds is 4. The first-order chi connectivity index (χ1) is 13.0. The van der Waals surface area contributed by atoms with Crippen molar-refractivity contribution in [1.82, 2.24) is 15.1 Å². The van der Waals surface area contributed by atoms with Gasteiger partial charge in [-0.2, -0.15) is 5.10 Å². The number of H-pyrrole nitrogens is 1. The fourth-order valence-corrected chi connectivity index (χ4v) is 3.70. The summed E-state index contributed by atoms with van der Waals surface area (Å²) in [5.74, 6) is -0.0276. The van der Waals surface area contributed by atoms with Gasteiger partial charge in [-0.1, -0.05) is 55.8 Å². The maximum atomic E-state index is 13.5. The molecule has 4 rings (SSSR count). The fourth-order valence-electron chi connectivity index (χ4n) is 3.70. The average Bonchev–Trinajstić information content (AvgIpc) is 3.17. The number of hydrogen-bond donors (Lipinski definition) is 1. The van der Waals surface area contributed by atoms with Crippen LogP contribution in [-0.2, 0) is 0 Å². The Hall–Kier alpha value is -2.95. The molecule has 0 spiro atoms. The highest BCUT2D eigenvalue weighted by Crippen LogP contribution is 2.43. The Morgan fingerprint density at radius 2 is 1.78 bits per heavy atom. The zero-order valence-electron chi connectivity index (χ0n) is 15.7. The van der Waals surface area contributed by atoms with Crippen molar-refractivity contribution in [3.05, 3.63) is 76.7 Å². The zero-order chi connectivity index (χ0) is 19.1. The molecule has 1 unspecified atom stereocenters. The Morgan fingerprint density at radius 1 is 1.11 bits per heavy atom. The number of carbonyl (C=O) groups excluding carboxylic acids is 1. The van der Waals surface area contributed by atoms with Crippen LogP contribution in [0.2, 0.25) is 0 Å². The van der Waals surface area contributed by atoms with Gasteiger partial charge in [0.1, 0.15) is 11.5 Å². The maximum Gasteiger partial charge on any atom is 0.273 e. The molecule has 1 aliphatic heterocycles. The van der Waals surface area contributed by atoms with E-state index in [1.165, 1.54) is 17.7 Å². The number of aromatic amines is 1. The number of aryl methyl sites for hydroxylation is 1. The topological polar surface area (TPSA) is 49.0 Å². The summed E-state index contributed by atoms with van der Waals surface area (Å²) in [4.78, 5) is 14.9. The monoisotopic (exact) mass is 363 g/mol. The smallest absolute Gasteiger partial charge is 0.273 e. The van der Waals surface area contributed by atoms with Crippen molar-refractivity contribution in [2.45, 2.75) is 26.8 Å². The third kappa shape index (κ3) is 3.03. The second-order valence-corrected chi connectivity index (χ2v) is 7.53. The Morgan fingerprint density at radius 3 is 2.41 bits per heavy atom. The van der Waals surface area contributed by atoms with Crippen LogP contribution in [0, 0.1) is 18.7 Å². The number of fused-ring (bicyclic) bond motifs is 1. The molecule has 2 aromatic carbocycles. The summed E-state index contributed by atoms with van der Waals surface area (Å²) in [6.45, 7) is 6.83. The highest BCUT2D eigenvalue weighted by molar-refractivity contribution is 6.00. The Labute approximate surface area is 158 Å². The van der Waals surface area contributed by atoms with Gasteiger partial charge in [0.15, 0.2) is 0 Å². The molecular formula is C22H22FN3O. The lowest BCUT2D eigenvalue weighted by Crippen LogP contribution is -2.32. The minimum Gasteiger partial charge on any atom is -0.326 e. The van der Waals surface area contributed by atoms with Gasteiger partial charge in [-0.05, 0) is 30.5 Å². The molecule has 0 bridgehead atoms. The first kappa shape index (κ1) is 17.5. The van der Waals surface area contributed by atoms with Crippen molar-refractivity contribution in [2.24, 2.45) is 5.92 Å². The second kappa shape index (κ2) is 6.65. The Bertz CT molecular complexity index is 974. The third-order valence-corrected chi connectivity index (χ3v) is 4.94. The van der Waals surface area contributed by atoms with E-state index in [-0.39, 0.29) is 17.8 Å². The van der Waals surface area contributed by atoms with E-state index in [0.29, 0.717) is 18.2 Å².